The Hall–Kier alpha value is -1.65. The number of carboxylic acids is 1. The molecule has 0 aliphatic carbocycles. The lowest BCUT2D eigenvalue weighted by Gasteiger charge is -2.24. The first-order valence-corrected chi connectivity index (χ1v) is 6.08. The van der Waals surface area contributed by atoms with Gasteiger partial charge in [0.2, 0.25) is 5.95 Å². The van der Waals surface area contributed by atoms with Crippen LogP contribution in [-0.4, -0.2) is 34.1 Å². The van der Waals surface area contributed by atoms with Gasteiger partial charge in [-0.1, -0.05) is 19.3 Å². The first kappa shape index (κ1) is 11.8. The Morgan fingerprint density at radius 1 is 1.18 bits per heavy atom. The van der Waals surface area contributed by atoms with Gasteiger partial charge in [-0.2, -0.15) is 0 Å². The number of anilines is 1. The highest BCUT2D eigenvalue weighted by atomic mass is 16.4. The van der Waals surface area contributed by atoms with Crippen LogP contribution in [0.4, 0.5) is 5.95 Å². The Morgan fingerprint density at radius 2 is 1.82 bits per heavy atom. The zero-order valence-electron chi connectivity index (χ0n) is 9.80. The largest absolute Gasteiger partial charge is 0.477 e. The standard InChI is InChI=1S/C12H17N3O2/c16-11(17)10-6-7-13-12(14-10)15-8-4-2-1-3-5-9-15/h6-7H,1-5,8-9H2,(H,16,17). The lowest BCUT2D eigenvalue weighted by atomic mass is 10.1. The number of aromatic carboxylic acids is 1. The van der Waals surface area contributed by atoms with Crippen molar-refractivity contribution in [2.24, 2.45) is 0 Å². The minimum atomic E-state index is -0.999. The fourth-order valence-electron chi connectivity index (χ4n) is 2.07. The summed E-state index contributed by atoms with van der Waals surface area (Å²) in [6.07, 6.45) is 7.53. The van der Waals surface area contributed by atoms with Crippen LogP contribution in [0.5, 0.6) is 0 Å². The smallest absolute Gasteiger partial charge is 0.354 e. The van der Waals surface area contributed by atoms with Gasteiger partial charge in [0.05, 0.1) is 0 Å². The predicted octanol–water partition coefficient (Wildman–Crippen LogP) is 1.95. The molecule has 0 unspecified atom stereocenters. The van der Waals surface area contributed by atoms with Crippen LogP contribution in [0.2, 0.25) is 0 Å². The first-order valence-electron chi connectivity index (χ1n) is 6.08. The van der Waals surface area contributed by atoms with Crippen molar-refractivity contribution in [1.82, 2.24) is 9.97 Å². The van der Waals surface area contributed by atoms with Gasteiger partial charge in [-0.25, -0.2) is 14.8 Å². The van der Waals surface area contributed by atoms with E-state index in [1.165, 1.54) is 31.5 Å². The number of carboxylic acid groups (broad SMARTS) is 1. The van der Waals surface area contributed by atoms with Crippen LogP contribution in [0.1, 0.15) is 42.6 Å². The minimum absolute atomic E-state index is 0.0667. The number of aromatic nitrogens is 2. The Kier molecular flexibility index (Phi) is 3.90. The Balaban J connectivity index is 2.13. The number of hydrogen-bond donors (Lipinski definition) is 1. The topological polar surface area (TPSA) is 66.3 Å². The van der Waals surface area contributed by atoms with Crippen molar-refractivity contribution in [1.29, 1.82) is 0 Å². The molecule has 1 fully saturated rings. The summed E-state index contributed by atoms with van der Waals surface area (Å²) in [7, 11) is 0. The predicted molar refractivity (Wildman–Crippen MR) is 64.3 cm³/mol. The van der Waals surface area contributed by atoms with Crippen LogP contribution in [-0.2, 0) is 0 Å². The third-order valence-electron chi connectivity index (χ3n) is 3.00. The second-order valence-corrected chi connectivity index (χ2v) is 4.30. The molecule has 2 rings (SSSR count). The molecule has 0 saturated carbocycles. The molecule has 1 saturated heterocycles. The summed E-state index contributed by atoms with van der Waals surface area (Å²) in [4.78, 5) is 21.2. The molecule has 0 amide bonds. The lowest BCUT2D eigenvalue weighted by Crippen LogP contribution is -2.29. The van der Waals surface area contributed by atoms with E-state index < -0.39 is 5.97 Å². The van der Waals surface area contributed by atoms with Gasteiger partial charge in [0.25, 0.3) is 0 Å². The van der Waals surface area contributed by atoms with Crippen LogP contribution >= 0.6 is 0 Å². The lowest BCUT2D eigenvalue weighted by molar-refractivity contribution is 0.0690. The Labute approximate surface area is 100 Å². The first-order chi connectivity index (χ1) is 8.27. The van der Waals surface area contributed by atoms with E-state index in [4.69, 9.17) is 5.11 Å². The molecule has 0 aromatic carbocycles. The van der Waals surface area contributed by atoms with Gasteiger partial charge in [-0.3, -0.25) is 0 Å². The maximum absolute atomic E-state index is 10.9. The van der Waals surface area contributed by atoms with Crippen molar-refractivity contribution in [2.75, 3.05) is 18.0 Å². The molecule has 5 nitrogen and oxygen atoms in total. The Bertz CT molecular complexity index is 387. The number of carbonyl (C=O) groups is 1. The minimum Gasteiger partial charge on any atom is -0.477 e. The van der Waals surface area contributed by atoms with Crippen LogP contribution in [0.25, 0.3) is 0 Å². The van der Waals surface area contributed by atoms with E-state index in [9.17, 15) is 4.79 Å². The number of hydrogen-bond acceptors (Lipinski definition) is 4. The zero-order valence-corrected chi connectivity index (χ0v) is 9.80. The molecule has 17 heavy (non-hydrogen) atoms. The van der Waals surface area contributed by atoms with Gasteiger partial charge in [0.15, 0.2) is 5.69 Å². The van der Waals surface area contributed by atoms with Crippen LogP contribution in [0.3, 0.4) is 0 Å². The van der Waals surface area contributed by atoms with Crippen molar-refractivity contribution in [2.45, 2.75) is 32.1 Å². The molecule has 1 aromatic heterocycles. The molecule has 0 radical (unpaired) electrons. The molecule has 92 valence electrons. The third-order valence-corrected chi connectivity index (χ3v) is 3.00. The van der Waals surface area contributed by atoms with E-state index in [2.05, 4.69) is 14.9 Å². The number of rotatable bonds is 2. The van der Waals surface area contributed by atoms with Gasteiger partial charge in [-0.05, 0) is 18.9 Å². The van der Waals surface area contributed by atoms with Crippen LogP contribution in [0.15, 0.2) is 12.3 Å². The summed E-state index contributed by atoms with van der Waals surface area (Å²) in [5, 5.41) is 8.90. The monoisotopic (exact) mass is 235 g/mol. The summed E-state index contributed by atoms with van der Waals surface area (Å²) in [5.74, 6) is -0.451. The molecular weight excluding hydrogens is 218 g/mol. The van der Waals surface area contributed by atoms with Crippen LogP contribution < -0.4 is 4.90 Å². The van der Waals surface area contributed by atoms with Crippen molar-refractivity contribution in [3.8, 4) is 0 Å². The average molecular weight is 235 g/mol. The maximum Gasteiger partial charge on any atom is 0.354 e. The van der Waals surface area contributed by atoms with E-state index >= 15 is 0 Å². The van der Waals surface area contributed by atoms with Gasteiger partial charge >= 0.3 is 5.97 Å². The van der Waals surface area contributed by atoms with Crippen LogP contribution in [0, 0.1) is 0 Å². The molecule has 1 aromatic rings. The second kappa shape index (κ2) is 5.61. The average Bonchev–Trinajstić information content (AvgIpc) is 2.28. The van der Waals surface area contributed by atoms with Gasteiger partial charge in [0.1, 0.15) is 0 Å². The highest BCUT2D eigenvalue weighted by molar-refractivity contribution is 5.85. The molecule has 5 heteroatoms. The summed E-state index contributed by atoms with van der Waals surface area (Å²) < 4.78 is 0. The molecule has 0 atom stereocenters. The molecule has 2 heterocycles. The zero-order chi connectivity index (χ0) is 12.1. The molecule has 1 aliphatic rings. The van der Waals surface area contributed by atoms with E-state index in [0.29, 0.717) is 5.95 Å². The van der Waals surface area contributed by atoms with Crippen molar-refractivity contribution >= 4 is 11.9 Å². The fraction of sp³-hybridized carbons (Fsp3) is 0.583. The van der Waals surface area contributed by atoms with Gasteiger partial charge in [0, 0.05) is 19.3 Å². The maximum atomic E-state index is 10.9. The summed E-state index contributed by atoms with van der Waals surface area (Å²) in [5.41, 5.74) is 0.0667. The van der Waals surface area contributed by atoms with E-state index in [1.807, 2.05) is 0 Å². The summed E-state index contributed by atoms with van der Waals surface area (Å²) >= 11 is 0. The summed E-state index contributed by atoms with van der Waals surface area (Å²) in [6.45, 7) is 1.84. The van der Waals surface area contributed by atoms with Gasteiger partial charge < -0.3 is 10.0 Å². The van der Waals surface area contributed by atoms with E-state index in [-0.39, 0.29) is 5.69 Å². The van der Waals surface area contributed by atoms with E-state index in [0.717, 1.165) is 25.9 Å². The molecule has 1 aliphatic heterocycles. The summed E-state index contributed by atoms with van der Waals surface area (Å²) in [6, 6.07) is 1.43. The Morgan fingerprint density at radius 3 is 2.47 bits per heavy atom. The fourth-order valence-corrected chi connectivity index (χ4v) is 2.07. The SMILES string of the molecule is O=C(O)c1ccnc(N2CCCCCCC2)n1. The molecule has 1 N–H and O–H groups in total. The highest BCUT2D eigenvalue weighted by Gasteiger charge is 2.13. The van der Waals surface area contributed by atoms with E-state index in [1.54, 1.807) is 0 Å². The van der Waals surface area contributed by atoms with Gasteiger partial charge in [-0.15, -0.1) is 0 Å². The highest BCUT2D eigenvalue weighted by Crippen LogP contribution is 2.15. The van der Waals surface area contributed by atoms with Crippen molar-refractivity contribution < 1.29 is 9.90 Å². The third kappa shape index (κ3) is 3.15. The second-order valence-electron chi connectivity index (χ2n) is 4.30. The molecule has 0 spiro atoms. The van der Waals surface area contributed by atoms with Crippen molar-refractivity contribution in [3.05, 3.63) is 18.0 Å². The number of nitrogens with zero attached hydrogens (tertiary/aromatic N) is 3. The molecule has 0 bridgehead atoms. The quantitative estimate of drug-likeness (QED) is 0.848. The normalized spacial score (nSPS) is 17.3. The molecular formula is C12H17N3O2. The van der Waals surface area contributed by atoms with Crippen molar-refractivity contribution in [3.63, 3.8) is 0 Å².